The lowest BCUT2D eigenvalue weighted by Gasteiger charge is -2.26. The second-order valence-electron chi connectivity index (χ2n) is 4.83. The van der Waals surface area contributed by atoms with Crippen molar-refractivity contribution in [3.63, 3.8) is 0 Å². The Morgan fingerprint density at radius 2 is 1.88 bits per heavy atom. The number of nitrogens with zero attached hydrogens (tertiary/aromatic N) is 1. The van der Waals surface area contributed by atoms with E-state index < -0.39 is 12.0 Å². The molecule has 0 aliphatic rings. The first-order chi connectivity index (χ1) is 7.84. The number of hydrogen-bond acceptors (Lipinski definition) is 2. The van der Waals surface area contributed by atoms with Crippen molar-refractivity contribution in [3.8, 4) is 0 Å². The summed E-state index contributed by atoms with van der Waals surface area (Å²) in [4.78, 5) is 12.8. The van der Waals surface area contributed by atoms with Crippen LogP contribution in [0.3, 0.4) is 0 Å². The van der Waals surface area contributed by atoms with Crippen LogP contribution in [0.4, 0.5) is 5.69 Å². The van der Waals surface area contributed by atoms with Crippen molar-refractivity contribution in [3.05, 3.63) is 29.3 Å². The molecule has 1 aromatic rings. The Labute approximate surface area is 103 Å². The van der Waals surface area contributed by atoms with Gasteiger partial charge in [-0.2, -0.15) is 0 Å². The number of carbonyl (C=O) groups is 1. The van der Waals surface area contributed by atoms with E-state index in [1.807, 2.05) is 18.9 Å². The van der Waals surface area contributed by atoms with Crippen molar-refractivity contribution in [1.82, 2.24) is 0 Å². The molecule has 1 N–H and O–H groups in total. The zero-order valence-electron chi connectivity index (χ0n) is 11.2. The normalized spacial score (nSPS) is 12.6. The summed E-state index contributed by atoms with van der Waals surface area (Å²) in [7, 11) is 1.82. The number of benzene rings is 1. The molecule has 0 saturated heterocycles. The first kappa shape index (κ1) is 13.6. The Balaban J connectivity index is 3.11. The van der Waals surface area contributed by atoms with Gasteiger partial charge in [-0.15, -0.1) is 0 Å². The van der Waals surface area contributed by atoms with Gasteiger partial charge >= 0.3 is 5.97 Å². The van der Waals surface area contributed by atoms with Gasteiger partial charge in [0, 0.05) is 12.7 Å². The Morgan fingerprint density at radius 3 is 2.35 bits per heavy atom. The molecule has 0 spiro atoms. The van der Waals surface area contributed by atoms with Gasteiger partial charge in [0.15, 0.2) is 0 Å². The van der Waals surface area contributed by atoms with Crippen LogP contribution in [0.1, 0.15) is 37.8 Å². The molecular formula is C14H21NO2. The summed E-state index contributed by atoms with van der Waals surface area (Å²) in [6.45, 7) is 7.97. The van der Waals surface area contributed by atoms with Gasteiger partial charge in [0.1, 0.15) is 6.04 Å². The van der Waals surface area contributed by atoms with Crippen LogP contribution in [0.2, 0.25) is 0 Å². The highest BCUT2D eigenvalue weighted by Gasteiger charge is 2.19. The molecule has 1 rings (SSSR count). The van der Waals surface area contributed by atoms with Crippen molar-refractivity contribution >= 4 is 11.7 Å². The number of aryl methyl sites for hydroxylation is 1. The molecule has 0 aliphatic heterocycles. The predicted molar refractivity (Wildman–Crippen MR) is 70.8 cm³/mol. The van der Waals surface area contributed by atoms with Gasteiger partial charge in [0.25, 0.3) is 0 Å². The topological polar surface area (TPSA) is 40.5 Å². The molecular weight excluding hydrogens is 214 g/mol. The molecule has 0 saturated carbocycles. The van der Waals surface area contributed by atoms with Crippen LogP contribution in [-0.4, -0.2) is 24.2 Å². The minimum absolute atomic E-state index is 0.447. The minimum atomic E-state index is -0.804. The fraction of sp³-hybridized carbons (Fsp3) is 0.500. The molecule has 94 valence electrons. The molecule has 0 radical (unpaired) electrons. The third kappa shape index (κ3) is 2.99. The van der Waals surface area contributed by atoms with Crippen molar-refractivity contribution in [2.24, 2.45) is 0 Å². The Morgan fingerprint density at radius 1 is 1.29 bits per heavy atom. The van der Waals surface area contributed by atoms with Crippen LogP contribution < -0.4 is 4.90 Å². The molecule has 0 bridgehead atoms. The molecule has 0 amide bonds. The van der Waals surface area contributed by atoms with Gasteiger partial charge < -0.3 is 10.0 Å². The third-order valence-electron chi connectivity index (χ3n) is 3.22. The largest absolute Gasteiger partial charge is 0.480 e. The summed E-state index contributed by atoms with van der Waals surface area (Å²) in [6, 6.07) is 5.72. The van der Waals surface area contributed by atoms with E-state index in [9.17, 15) is 4.79 Å². The van der Waals surface area contributed by atoms with Crippen molar-refractivity contribution in [1.29, 1.82) is 0 Å². The number of likely N-dealkylation sites (N-methyl/N-ethyl adjacent to an activating group) is 1. The van der Waals surface area contributed by atoms with Crippen LogP contribution in [0.25, 0.3) is 0 Å². The van der Waals surface area contributed by atoms with Crippen LogP contribution in [-0.2, 0) is 4.79 Å². The molecule has 0 fully saturated rings. The van der Waals surface area contributed by atoms with E-state index in [4.69, 9.17) is 5.11 Å². The number of rotatable bonds is 4. The van der Waals surface area contributed by atoms with Crippen molar-refractivity contribution in [2.75, 3.05) is 11.9 Å². The highest BCUT2D eigenvalue weighted by molar-refractivity contribution is 5.78. The van der Waals surface area contributed by atoms with Gasteiger partial charge in [-0.1, -0.05) is 26.0 Å². The van der Waals surface area contributed by atoms with Gasteiger partial charge in [-0.25, -0.2) is 4.79 Å². The maximum absolute atomic E-state index is 11.0. The molecule has 0 aliphatic carbocycles. The lowest BCUT2D eigenvalue weighted by molar-refractivity contribution is -0.138. The zero-order chi connectivity index (χ0) is 13.2. The summed E-state index contributed by atoms with van der Waals surface area (Å²) in [5, 5.41) is 9.04. The highest BCUT2D eigenvalue weighted by Crippen LogP contribution is 2.26. The van der Waals surface area contributed by atoms with E-state index >= 15 is 0 Å². The fourth-order valence-corrected chi connectivity index (χ4v) is 1.74. The smallest absolute Gasteiger partial charge is 0.326 e. The third-order valence-corrected chi connectivity index (χ3v) is 3.22. The SMILES string of the molecule is Cc1ccc(C(C)C)cc1N(C)C(C)C(=O)O. The molecule has 1 aromatic carbocycles. The molecule has 1 unspecified atom stereocenters. The van der Waals surface area contributed by atoms with E-state index in [2.05, 4.69) is 32.0 Å². The molecule has 3 nitrogen and oxygen atoms in total. The van der Waals surface area contributed by atoms with Crippen LogP contribution in [0.5, 0.6) is 0 Å². The molecule has 0 aromatic heterocycles. The number of carboxylic acid groups (broad SMARTS) is 1. The second kappa shape index (κ2) is 5.21. The lowest BCUT2D eigenvalue weighted by atomic mass is 10.00. The van der Waals surface area contributed by atoms with E-state index in [1.54, 1.807) is 6.92 Å². The molecule has 0 heterocycles. The quantitative estimate of drug-likeness (QED) is 0.872. The summed E-state index contributed by atoms with van der Waals surface area (Å²) >= 11 is 0. The first-order valence-corrected chi connectivity index (χ1v) is 5.90. The lowest BCUT2D eigenvalue weighted by Crippen LogP contribution is -2.36. The summed E-state index contributed by atoms with van der Waals surface area (Å²) in [5.74, 6) is -0.357. The Kier molecular flexibility index (Phi) is 4.16. The van der Waals surface area contributed by atoms with Gasteiger partial charge in [-0.05, 0) is 37.0 Å². The van der Waals surface area contributed by atoms with E-state index in [0.29, 0.717) is 5.92 Å². The Hall–Kier alpha value is -1.51. The predicted octanol–water partition coefficient (Wildman–Crippen LogP) is 3.03. The monoisotopic (exact) mass is 235 g/mol. The maximum atomic E-state index is 11.0. The Bertz CT molecular complexity index is 413. The number of carboxylic acids is 1. The summed E-state index contributed by atoms with van der Waals surface area (Å²) in [5.41, 5.74) is 3.33. The number of aliphatic carboxylic acids is 1. The van der Waals surface area contributed by atoms with Gasteiger partial charge in [-0.3, -0.25) is 0 Å². The fourth-order valence-electron chi connectivity index (χ4n) is 1.74. The first-order valence-electron chi connectivity index (χ1n) is 5.90. The zero-order valence-corrected chi connectivity index (χ0v) is 11.2. The maximum Gasteiger partial charge on any atom is 0.326 e. The number of hydrogen-bond donors (Lipinski definition) is 1. The van der Waals surface area contributed by atoms with Crippen LogP contribution in [0.15, 0.2) is 18.2 Å². The second-order valence-corrected chi connectivity index (χ2v) is 4.83. The molecule has 17 heavy (non-hydrogen) atoms. The summed E-state index contributed by atoms with van der Waals surface area (Å²) in [6.07, 6.45) is 0. The van der Waals surface area contributed by atoms with Gasteiger partial charge in [0.05, 0.1) is 0 Å². The van der Waals surface area contributed by atoms with Crippen molar-refractivity contribution in [2.45, 2.75) is 39.7 Å². The standard InChI is InChI=1S/C14H21NO2/c1-9(2)12-7-6-10(3)13(8-12)15(5)11(4)14(16)17/h6-9,11H,1-5H3,(H,16,17). The molecule has 1 atom stereocenters. The number of anilines is 1. The average molecular weight is 235 g/mol. The van der Waals surface area contributed by atoms with E-state index in [-0.39, 0.29) is 0 Å². The van der Waals surface area contributed by atoms with E-state index in [0.717, 1.165) is 11.3 Å². The van der Waals surface area contributed by atoms with E-state index in [1.165, 1.54) is 5.56 Å². The van der Waals surface area contributed by atoms with Crippen molar-refractivity contribution < 1.29 is 9.90 Å². The average Bonchev–Trinajstić information content (AvgIpc) is 2.27. The van der Waals surface area contributed by atoms with Crippen LogP contribution in [0, 0.1) is 6.92 Å². The van der Waals surface area contributed by atoms with Gasteiger partial charge in [0.2, 0.25) is 0 Å². The molecule has 3 heteroatoms. The highest BCUT2D eigenvalue weighted by atomic mass is 16.4. The van der Waals surface area contributed by atoms with Crippen LogP contribution >= 0.6 is 0 Å². The minimum Gasteiger partial charge on any atom is -0.480 e. The summed E-state index contributed by atoms with van der Waals surface area (Å²) < 4.78 is 0.